The molecule has 2 rings (SSSR count). The van der Waals surface area contributed by atoms with Gasteiger partial charge in [-0.3, -0.25) is 0 Å². The number of nitrogens with zero attached hydrogens (tertiary/aromatic N) is 1. The molecule has 0 bridgehead atoms. The molecule has 1 aliphatic heterocycles. The maximum atomic E-state index is 5.56. The largest absolute Gasteiger partial charge is 0.378 e. The molecule has 2 heterocycles. The molecule has 3 nitrogen and oxygen atoms in total. The summed E-state index contributed by atoms with van der Waals surface area (Å²) in [7, 11) is 0. The molecule has 1 aromatic heterocycles. The number of hydrogen-bond acceptors (Lipinski definition) is 2. The summed E-state index contributed by atoms with van der Waals surface area (Å²) >= 11 is 0. The van der Waals surface area contributed by atoms with Crippen LogP contribution in [0.1, 0.15) is 38.8 Å². The van der Waals surface area contributed by atoms with E-state index < -0.39 is 0 Å². The SMILES string of the molecule is CCCn1cccc1CNC1CCOC(C)C1. The fraction of sp³-hybridized carbons (Fsp3) is 0.714. The predicted octanol–water partition coefficient (Wildman–Crippen LogP) is 2.56. The average Bonchev–Trinajstić information content (AvgIpc) is 2.75. The molecule has 1 aromatic rings. The quantitative estimate of drug-likeness (QED) is 0.850. The summed E-state index contributed by atoms with van der Waals surface area (Å²) in [4.78, 5) is 0. The molecule has 1 fully saturated rings. The Hall–Kier alpha value is -0.800. The van der Waals surface area contributed by atoms with Crippen molar-refractivity contribution < 1.29 is 4.74 Å². The van der Waals surface area contributed by atoms with Crippen LogP contribution in [0.15, 0.2) is 18.3 Å². The fourth-order valence-corrected chi connectivity index (χ4v) is 2.50. The van der Waals surface area contributed by atoms with E-state index in [9.17, 15) is 0 Å². The smallest absolute Gasteiger partial charge is 0.0561 e. The van der Waals surface area contributed by atoms with Gasteiger partial charge >= 0.3 is 0 Å². The molecular formula is C14H24N2O. The van der Waals surface area contributed by atoms with Crippen molar-refractivity contribution in [1.82, 2.24) is 9.88 Å². The molecule has 0 saturated carbocycles. The zero-order chi connectivity index (χ0) is 12.1. The topological polar surface area (TPSA) is 26.2 Å². The first-order valence-corrected chi connectivity index (χ1v) is 6.78. The van der Waals surface area contributed by atoms with E-state index in [1.165, 1.54) is 12.1 Å². The van der Waals surface area contributed by atoms with Gasteiger partial charge in [0.25, 0.3) is 0 Å². The van der Waals surface area contributed by atoms with Crippen LogP contribution < -0.4 is 5.32 Å². The minimum absolute atomic E-state index is 0.406. The molecular weight excluding hydrogens is 212 g/mol. The summed E-state index contributed by atoms with van der Waals surface area (Å²) in [6.45, 7) is 7.37. The minimum atomic E-state index is 0.406. The lowest BCUT2D eigenvalue weighted by Crippen LogP contribution is -2.37. The van der Waals surface area contributed by atoms with Crippen LogP contribution in [0, 0.1) is 0 Å². The maximum Gasteiger partial charge on any atom is 0.0561 e. The molecule has 17 heavy (non-hydrogen) atoms. The second kappa shape index (κ2) is 6.22. The van der Waals surface area contributed by atoms with Gasteiger partial charge in [0.2, 0.25) is 0 Å². The molecule has 2 unspecified atom stereocenters. The number of aryl methyl sites for hydroxylation is 1. The summed E-state index contributed by atoms with van der Waals surface area (Å²) in [5.41, 5.74) is 1.39. The third-order valence-corrected chi connectivity index (χ3v) is 3.45. The molecule has 0 aromatic carbocycles. The highest BCUT2D eigenvalue weighted by Gasteiger charge is 2.18. The highest BCUT2D eigenvalue weighted by molar-refractivity contribution is 5.07. The van der Waals surface area contributed by atoms with Gasteiger partial charge in [-0.25, -0.2) is 0 Å². The van der Waals surface area contributed by atoms with Gasteiger partial charge in [-0.2, -0.15) is 0 Å². The molecule has 0 amide bonds. The lowest BCUT2D eigenvalue weighted by Gasteiger charge is -2.28. The summed E-state index contributed by atoms with van der Waals surface area (Å²) in [6, 6.07) is 4.97. The van der Waals surface area contributed by atoms with Crippen molar-refractivity contribution in [3.8, 4) is 0 Å². The maximum absolute atomic E-state index is 5.56. The summed E-state index contributed by atoms with van der Waals surface area (Å²) in [5, 5.41) is 3.65. The Morgan fingerprint density at radius 2 is 2.41 bits per heavy atom. The van der Waals surface area contributed by atoms with E-state index in [2.05, 4.69) is 42.1 Å². The molecule has 1 saturated heterocycles. The second-order valence-corrected chi connectivity index (χ2v) is 4.98. The lowest BCUT2D eigenvalue weighted by molar-refractivity contribution is 0.0129. The summed E-state index contributed by atoms with van der Waals surface area (Å²) in [5.74, 6) is 0. The van der Waals surface area contributed by atoms with Crippen LogP contribution in [0.3, 0.4) is 0 Å². The van der Waals surface area contributed by atoms with E-state index in [1.807, 2.05) is 0 Å². The van der Waals surface area contributed by atoms with Gasteiger partial charge in [0.1, 0.15) is 0 Å². The van der Waals surface area contributed by atoms with Crippen LogP contribution in [-0.2, 0) is 17.8 Å². The normalized spacial score (nSPS) is 25.1. The van der Waals surface area contributed by atoms with Crippen molar-refractivity contribution in [3.63, 3.8) is 0 Å². The average molecular weight is 236 g/mol. The number of nitrogens with one attached hydrogen (secondary N) is 1. The van der Waals surface area contributed by atoms with E-state index >= 15 is 0 Å². The van der Waals surface area contributed by atoms with Crippen molar-refractivity contribution >= 4 is 0 Å². The van der Waals surface area contributed by atoms with E-state index in [0.29, 0.717) is 12.1 Å². The third kappa shape index (κ3) is 3.58. The fourth-order valence-electron chi connectivity index (χ4n) is 2.50. The molecule has 0 spiro atoms. The lowest BCUT2D eigenvalue weighted by atomic mass is 10.0. The Kier molecular flexibility index (Phi) is 4.63. The van der Waals surface area contributed by atoms with Crippen LogP contribution in [-0.4, -0.2) is 23.3 Å². The molecule has 1 N–H and O–H groups in total. The number of aromatic nitrogens is 1. The Morgan fingerprint density at radius 3 is 3.18 bits per heavy atom. The first-order valence-electron chi connectivity index (χ1n) is 6.78. The van der Waals surface area contributed by atoms with Gasteiger partial charge in [0.15, 0.2) is 0 Å². The van der Waals surface area contributed by atoms with Crippen molar-refractivity contribution in [2.75, 3.05) is 6.61 Å². The van der Waals surface area contributed by atoms with Gasteiger partial charge in [-0.1, -0.05) is 6.92 Å². The van der Waals surface area contributed by atoms with Gasteiger partial charge in [0.05, 0.1) is 6.10 Å². The number of rotatable bonds is 5. The van der Waals surface area contributed by atoms with Crippen LogP contribution in [0.5, 0.6) is 0 Å². The Bertz CT molecular complexity index is 335. The van der Waals surface area contributed by atoms with Crippen molar-refractivity contribution in [2.45, 2.75) is 58.3 Å². The van der Waals surface area contributed by atoms with Crippen LogP contribution in [0.25, 0.3) is 0 Å². The minimum Gasteiger partial charge on any atom is -0.378 e. The van der Waals surface area contributed by atoms with Gasteiger partial charge in [-0.05, 0) is 38.3 Å². The molecule has 0 aliphatic carbocycles. The van der Waals surface area contributed by atoms with E-state index in [4.69, 9.17) is 4.74 Å². The van der Waals surface area contributed by atoms with Crippen LogP contribution in [0.2, 0.25) is 0 Å². The monoisotopic (exact) mass is 236 g/mol. The van der Waals surface area contributed by atoms with Gasteiger partial charge in [-0.15, -0.1) is 0 Å². The van der Waals surface area contributed by atoms with Crippen LogP contribution in [0.4, 0.5) is 0 Å². The Labute approximate surface area is 104 Å². The van der Waals surface area contributed by atoms with Crippen molar-refractivity contribution in [1.29, 1.82) is 0 Å². The highest BCUT2D eigenvalue weighted by atomic mass is 16.5. The van der Waals surface area contributed by atoms with E-state index in [0.717, 1.165) is 32.5 Å². The molecule has 3 heteroatoms. The van der Waals surface area contributed by atoms with Gasteiger partial charge in [0, 0.05) is 37.6 Å². The summed E-state index contributed by atoms with van der Waals surface area (Å²) in [6.07, 6.45) is 6.04. The molecule has 0 radical (unpaired) electrons. The first kappa shape index (κ1) is 12.7. The number of ether oxygens (including phenoxy) is 1. The Morgan fingerprint density at radius 1 is 1.53 bits per heavy atom. The van der Waals surface area contributed by atoms with Crippen molar-refractivity contribution in [3.05, 3.63) is 24.0 Å². The van der Waals surface area contributed by atoms with E-state index in [1.54, 1.807) is 0 Å². The molecule has 2 atom stereocenters. The Balaban J connectivity index is 1.82. The molecule has 1 aliphatic rings. The first-order chi connectivity index (χ1) is 8.29. The number of hydrogen-bond donors (Lipinski definition) is 1. The molecule has 96 valence electrons. The summed E-state index contributed by atoms with van der Waals surface area (Å²) < 4.78 is 7.91. The highest BCUT2D eigenvalue weighted by Crippen LogP contribution is 2.14. The van der Waals surface area contributed by atoms with Crippen LogP contribution >= 0.6 is 0 Å². The van der Waals surface area contributed by atoms with E-state index in [-0.39, 0.29) is 0 Å². The second-order valence-electron chi connectivity index (χ2n) is 4.98. The van der Waals surface area contributed by atoms with Gasteiger partial charge < -0.3 is 14.6 Å². The van der Waals surface area contributed by atoms with Crippen molar-refractivity contribution in [2.24, 2.45) is 0 Å². The predicted molar refractivity (Wildman–Crippen MR) is 70.0 cm³/mol. The standard InChI is InChI=1S/C14H24N2O/c1-3-7-16-8-4-5-14(16)11-15-13-6-9-17-12(2)10-13/h4-5,8,12-13,15H,3,6-7,9-11H2,1-2H3. The zero-order valence-electron chi connectivity index (χ0n) is 11.0. The third-order valence-electron chi connectivity index (χ3n) is 3.45. The zero-order valence-corrected chi connectivity index (χ0v) is 11.0.